The zero-order valence-corrected chi connectivity index (χ0v) is 34.1. The monoisotopic (exact) mass is 710 g/mol. The van der Waals surface area contributed by atoms with E-state index in [1.807, 2.05) is 0 Å². The number of aliphatic hydroxyl groups excluding tert-OH is 3. The standard InChI is InChI=1S/C45H91NO4/c1-3-5-7-9-11-13-15-17-18-19-20-21-22-23-24-25-26-27-28-30-32-34-36-38-40-44(49)46-42(41-47)45(50)43(48)39-37-35-33-31-29-16-14-12-10-8-6-4-2/h42-43,45,47-48,50H,3-41H2,1-2H3,(H,46,49)/t42-,43?,45+/m1/s1. The molecule has 5 heteroatoms. The van der Waals surface area contributed by atoms with Gasteiger partial charge in [0.05, 0.1) is 18.8 Å². The Hall–Kier alpha value is -0.650. The molecule has 0 aliphatic rings. The van der Waals surface area contributed by atoms with Gasteiger partial charge in [0.15, 0.2) is 0 Å². The molecule has 50 heavy (non-hydrogen) atoms. The molecule has 1 unspecified atom stereocenters. The average molecular weight is 710 g/mol. The van der Waals surface area contributed by atoms with Crippen LogP contribution >= 0.6 is 0 Å². The molecule has 5 nitrogen and oxygen atoms in total. The largest absolute Gasteiger partial charge is 0.394 e. The van der Waals surface area contributed by atoms with Crippen molar-refractivity contribution in [1.29, 1.82) is 0 Å². The van der Waals surface area contributed by atoms with Crippen LogP contribution in [0.5, 0.6) is 0 Å². The Bertz CT molecular complexity index is 659. The lowest BCUT2D eigenvalue weighted by molar-refractivity contribution is -0.124. The minimum Gasteiger partial charge on any atom is -0.394 e. The number of aliphatic hydroxyl groups is 3. The number of carbonyl (C=O) groups is 1. The Morgan fingerprint density at radius 2 is 0.680 bits per heavy atom. The van der Waals surface area contributed by atoms with Crippen molar-refractivity contribution in [1.82, 2.24) is 5.32 Å². The van der Waals surface area contributed by atoms with Crippen LogP contribution in [0.4, 0.5) is 0 Å². The summed E-state index contributed by atoms with van der Waals surface area (Å²) >= 11 is 0. The Kier molecular flexibility index (Phi) is 40.6. The van der Waals surface area contributed by atoms with Crippen molar-refractivity contribution >= 4 is 5.91 Å². The maximum absolute atomic E-state index is 12.4. The van der Waals surface area contributed by atoms with Gasteiger partial charge in [-0.3, -0.25) is 4.79 Å². The minimum atomic E-state index is -1.13. The fourth-order valence-electron chi connectivity index (χ4n) is 7.40. The number of rotatable bonds is 42. The summed E-state index contributed by atoms with van der Waals surface area (Å²) in [6.45, 7) is 4.19. The fourth-order valence-corrected chi connectivity index (χ4v) is 7.40. The lowest BCUT2D eigenvalue weighted by atomic mass is 9.99. The van der Waals surface area contributed by atoms with Crippen molar-refractivity contribution < 1.29 is 20.1 Å². The number of hydrogen-bond donors (Lipinski definition) is 4. The van der Waals surface area contributed by atoms with Crippen molar-refractivity contribution in [2.45, 2.75) is 276 Å². The first-order valence-corrected chi connectivity index (χ1v) is 22.8. The molecule has 0 spiro atoms. The summed E-state index contributed by atoms with van der Waals surface area (Å²) in [7, 11) is 0. The van der Waals surface area contributed by atoms with Gasteiger partial charge in [-0.05, 0) is 12.8 Å². The van der Waals surface area contributed by atoms with Crippen LogP contribution in [0.15, 0.2) is 0 Å². The summed E-state index contributed by atoms with van der Waals surface area (Å²) in [5.41, 5.74) is 0. The molecule has 0 aromatic rings. The Balaban J connectivity index is 3.52. The van der Waals surface area contributed by atoms with E-state index in [4.69, 9.17) is 0 Å². The highest BCUT2D eigenvalue weighted by atomic mass is 16.3. The number of carbonyl (C=O) groups excluding carboxylic acids is 1. The normalized spacial score (nSPS) is 13.5. The topological polar surface area (TPSA) is 89.8 Å². The number of nitrogens with one attached hydrogen (secondary N) is 1. The quantitative estimate of drug-likeness (QED) is 0.0475. The molecule has 3 atom stereocenters. The average Bonchev–Trinajstić information content (AvgIpc) is 3.12. The molecule has 300 valence electrons. The molecule has 0 rings (SSSR count). The molecule has 1 amide bonds. The van der Waals surface area contributed by atoms with E-state index in [0.717, 1.165) is 32.1 Å². The summed E-state index contributed by atoms with van der Waals surface area (Å²) in [5, 5.41) is 33.5. The zero-order valence-electron chi connectivity index (χ0n) is 34.1. The Morgan fingerprint density at radius 3 is 0.960 bits per heavy atom. The first-order chi connectivity index (χ1) is 24.6. The van der Waals surface area contributed by atoms with Crippen molar-refractivity contribution in [3.05, 3.63) is 0 Å². The van der Waals surface area contributed by atoms with Crippen LogP contribution in [-0.4, -0.2) is 46.1 Å². The van der Waals surface area contributed by atoms with Crippen molar-refractivity contribution in [2.75, 3.05) is 6.61 Å². The molecule has 0 aromatic carbocycles. The summed E-state index contributed by atoms with van der Waals surface area (Å²) in [6, 6.07) is -0.802. The molecule has 0 saturated heterocycles. The van der Waals surface area contributed by atoms with Gasteiger partial charge >= 0.3 is 0 Å². The van der Waals surface area contributed by atoms with Gasteiger partial charge in [0, 0.05) is 6.42 Å². The molecule has 0 fully saturated rings. The van der Waals surface area contributed by atoms with Gasteiger partial charge in [0.1, 0.15) is 6.10 Å². The fraction of sp³-hybridized carbons (Fsp3) is 0.978. The van der Waals surface area contributed by atoms with E-state index in [0.29, 0.717) is 12.8 Å². The minimum absolute atomic E-state index is 0.139. The van der Waals surface area contributed by atoms with Crippen LogP contribution in [0.2, 0.25) is 0 Å². The number of hydrogen-bond acceptors (Lipinski definition) is 4. The number of unbranched alkanes of at least 4 members (excludes halogenated alkanes) is 34. The molecule has 0 aliphatic carbocycles. The smallest absolute Gasteiger partial charge is 0.220 e. The predicted octanol–water partition coefficient (Wildman–Crippen LogP) is 13.0. The second kappa shape index (κ2) is 41.1. The SMILES string of the molecule is CCCCCCCCCCCCCCCCCCCCCCCCCCC(=O)N[C@H](CO)[C@H](O)C(O)CCCCCCCCCCCCCC. The molecule has 0 bridgehead atoms. The molecule has 4 N–H and O–H groups in total. The lowest BCUT2D eigenvalue weighted by Gasteiger charge is -2.26. The summed E-state index contributed by atoms with van der Waals surface area (Å²) < 4.78 is 0. The molecule has 0 saturated carbocycles. The zero-order chi connectivity index (χ0) is 36.6. The highest BCUT2D eigenvalue weighted by Gasteiger charge is 2.26. The van der Waals surface area contributed by atoms with Crippen LogP contribution in [0, 0.1) is 0 Å². The maximum Gasteiger partial charge on any atom is 0.220 e. The first-order valence-electron chi connectivity index (χ1n) is 22.8. The second-order valence-corrected chi connectivity index (χ2v) is 16.0. The predicted molar refractivity (Wildman–Crippen MR) is 218 cm³/mol. The third kappa shape index (κ3) is 35.7. The van der Waals surface area contributed by atoms with Gasteiger partial charge in [-0.2, -0.15) is 0 Å². The summed E-state index contributed by atoms with van der Waals surface area (Å²) in [4.78, 5) is 12.4. The van der Waals surface area contributed by atoms with Crippen molar-refractivity contribution in [2.24, 2.45) is 0 Å². The lowest BCUT2D eigenvalue weighted by Crippen LogP contribution is -2.50. The van der Waals surface area contributed by atoms with Crippen LogP contribution in [-0.2, 0) is 4.79 Å². The van der Waals surface area contributed by atoms with Crippen LogP contribution in [0.3, 0.4) is 0 Å². The second-order valence-electron chi connectivity index (χ2n) is 16.0. The first kappa shape index (κ1) is 49.4. The van der Waals surface area contributed by atoms with Gasteiger partial charge in [0.25, 0.3) is 0 Å². The van der Waals surface area contributed by atoms with E-state index < -0.39 is 18.2 Å². The highest BCUT2D eigenvalue weighted by molar-refractivity contribution is 5.76. The van der Waals surface area contributed by atoms with E-state index >= 15 is 0 Å². The number of amides is 1. The maximum atomic E-state index is 12.4. The van der Waals surface area contributed by atoms with Crippen LogP contribution in [0.1, 0.15) is 258 Å². The van der Waals surface area contributed by atoms with E-state index in [2.05, 4.69) is 19.2 Å². The third-order valence-electron chi connectivity index (χ3n) is 11.0. The van der Waals surface area contributed by atoms with Gasteiger partial charge in [-0.1, -0.05) is 239 Å². The van der Waals surface area contributed by atoms with E-state index in [1.165, 1.54) is 199 Å². The van der Waals surface area contributed by atoms with Gasteiger partial charge < -0.3 is 20.6 Å². The Labute approximate surface area is 313 Å². The van der Waals surface area contributed by atoms with E-state index in [1.54, 1.807) is 0 Å². The van der Waals surface area contributed by atoms with Crippen molar-refractivity contribution in [3.63, 3.8) is 0 Å². The molecule has 0 aliphatic heterocycles. The highest BCUT2D eigenvalue weighted by Crippen LogP contribution is 2.17. The Morgan fingerprint density at radius 1 is 0.420 bits per heavy atom. The summed E-state index contributed by atoms with van der Waals surface area (Å²) in [5.74, 6) is -0.139. The van der Waals surface area contributed by atoms with Gasteiger partial charge in [0.2, 0.25) is 5.91 Å². The van der Waals surface area contributed by atoms with Crippen LogP contribution in [0.25, 0.3) is 0 Å². The van der Waals surface area contributed by atoms with Gasteiger partial charge in [-0.15, -0.1) is 0 Å². The van der Waals surface area contributed by atoms with Crippen molar-refractivity contribution in [3.8, 4) is 0 Å². The van der Waals surface area contributed by atoms with Gasteiger partial charge in [-0.25, -0.2) is 0 Å². The molecule has 0 radical (unpaired) electrons. The summed E-state index contributed by atoms with van der Waals surface area (Å²) in [6.07, 6.45) is 46.5. The molecule has 0 heterocycles. The molecular weight excluding hydrogens is 618 g/mol. The molecular formula is C45H91NO4. The third-order valence-corrected chi connectivity index (χ3v) is 11.0. The van der Waals surface area contributed by atoms with Crippen LogP contribution < -0.4 is 5.32 Å². The van der Waals surface area contributed by atoms with E-state index in [9.17, 15) is 20.1 Å². The molecule has 0 aromatic heterocycles. The van der Waals surface area contributed by atoms with E-state index in [-0.39, 0.29) is 12.5 Å².